The largest absolute Gasteiger partial charge is 0.315 e. The molecule has 1 aliphatic rings. The van der Waals surface area contributed by atoms with Crippen LogP contribution in [0.2, 0.25) is 0 Å². The smallest absolute Gasteiger partial charge is 0.106 e. The lowest BCUT2D eigenvalue weighted by Gasteiger charge is -2.32. The van der Waals surface area contributed by atoms with Crippen LogP contribution in [0.4, 0.5) is 0 Å². The Morgan fingerprint density at radius 2 is 2.31 bits per heavy atom. The highest BCUT2D eigenvalue weighted by atomic mass is 15.1. The first kappa shape index (κ1) is 10.5. The summed E-state index contributed by atoms with van der Waals surface area (Å²) in [7, 11) is 0. The number of rotatable bonds is 5. The number of likely N-dealkylation sites (N-methyl/N-ethyl adjacent to an activating group) is 1. The normalized spacial score (nSPS) is 19.5. The zero-order valence-electron chi connectivity index (χ0n) is 8.37. The molecule has 0 aliphatic heterocycles. The quantitative estimate of drug-likeness (QED) is 0.687. The number of nitriles is 1. The lowest BCUT2D eigenvalue weighted by Crippen LogP contribution is -2.40. The zero-order chi connectivity index (χ0) is 9.68. The van der Waals surface area contributed by atoms with E-state index in [1.807, 2.05) is 0 Å². The second-order valence-electron chi connectivity index (χ2n) is 3.88. The van der Waals surface area contributed by atoms with Crippen LogP contribution >= 0.6 is 0 Å². The van der Waals surface area contributed by atoms with Gasteiger partial charge in [-0.05, 0) is 25.3 Å². The van der Waals surface area contributed by atoms with E-state index in [9.17, 15) is 0 Å². The summed E-state index contributed by atoms with van der Waals surface area (Å²) in [5.74, 6) is 0.867. The van der Waals surface area contributed by atoms with Gasteiger partial charge >= 0.3 is 0 Å². The predicted molar refractivity (Wildman–Crippen MR) is 53.0 cm³/mol. The van der Waals surface area contributed by atoms with Crippen LogP contribution in [0, 0.1) is 17.2 Å². The van der Waals surface area contributed by atoms with Crippen LogP contribution < -0.4 is 5.73 Å². The topological polar surface area (TPSA) is 53.0 Å². The average Bonchev–Trinajstić information content (AvgIpc) is 2.08. The van der Waals surface area contributed by atoms with Crippen molar-refractivity contribution in [2.45, 2.75) is 32.2 Å². The SMILES string of the molecule is CCN(CC(N)C#N)CC1CCC1. The van der Waals surface area contributed by atoms with Crippen molar-refractivity contribution in [2.75, 3.05) is 19.6 Å². The van der Waals surface area contributed by atoms with Gasteiger partial charge in [-0.1, -0.05) is 13.3 Å². The van der Waals surface area contributed by atoms with Crippen LogP contribution in [0.25, 0.3) is 0 Å². The van der Waals surface area contributed by atoms with E-state index in [0.717, 1.165) is 25.6 Å². The molecule has 0 heterocycles. The summed E-state index contributed by atoms with van der Waals surface area (Å²) in [4.78, 5) is 2.29. The van der Waals surface area contributed by atoms with Crippen LogP contribution in [0.5, 0.6) is 0 Å². The molecule has 13 heavy (non-hydrogen) atoms. The van der Waals surface area contributed by atoms with Gasteiger partial charge in [0, 0.05) is 13.1 Å². The summed E-state index contributed by atoms with van der Waals surface area (Å²) in [6.07, 6.45) is 4.10. The van der Waals surface area contributed by atoms with E-state index in [4.69, 9.17) is 11.0 Å². The molecule has 0 spiro atoms. The minimum absolute atomic E-state index is 0.319. The third kappa shape index (κ3) is 3.33. The van der Waals surface area contributed by atoms with Gasteiger partial charge in [0.05, 0.1) is 6.07 Å². The second-order valence-corrected chi connectivity index (χ2v) is 3.88. The predicted octanol–water partition coefficient (Wildman–Crippen LogP) is 0.959. The molecule has 0 amide bonds. The first-order valence-corrected chi connectivity index (χ1v) is 5.13. The minimum atomic E-state index is -0.319. The maximum absolute atomic E-state index is 8.58. The molecule has 3 nitrogen and oxygen atoms in total. The molecule has 0 aromatic heterocycles. The summed E-state index contributed by atoms with van der Waals surface area (Å²) in [5.41, 5.74) is 5.58. The molecule has 0 bridgehead atoms. The van der Waals surface area contributed by atoms with E-state index in [2.05, 4.69) is 17.9 Å². The van der Waals surface area contributed by atoms with Gasteiger partial charge in [0.2, 0.25) is 0 Å². The van der Waals surface area contributed by atoms with Gasteiger partial charge in [-0.15, -0.1) is 0 Å². The molecule has 2 N–H and O–H groups in total. The highest BCUT2D eigenvalue weighted by molar-refractivity contribution is 4.89. The molecule has 0 aromatic carbocycles. The highest BCUT2D eigenvalue weighted by Crippen LogP contribution is 2.26. The van der Waals surface area contributed by atoms with E-state index in [0.29, 0.717) is 0 Å². The van der Waals surface area contributed by atoms with E-state index in [-0.39, 0.29) is 6.04 Å². The number of nitrogens with zero attached hydrogens (tertiary/aromatic N) is 2. The van der Waals surface area contributed by atoms with Gasteiger partial charge in [0.1, 0.15) is 6.04 Å². The fourth-order valence-electron chi connectivity index (χ4n) is 1.69. The Morgan fingerprint density at radius 1 is 1.62 bits per heavy atom. The number of hydrogen-bond donors (Lipinski definition) is 1. The van der Waals surface area contributed by atoms with Crippen molar-refractivity contribution < 1.29 is 0 Å². The van der Waals surface area contributed by atoms with E-state index < -0.39 is 0 Å². The van der Waals surface area contributed by atoms with Crippen molar-refractivity contribution in [3.05, 3.63) is 0 Å². The van der Waals surface area contributed by atoms with Crippen LogP contribution in [0.3, 0.4) is 0 Å². The number of hydrogen-bond acceptors (Lipinski definition) is 3. The van der Waals surface area contributed by atoms with Crippen LogP contribution in [0.15, 0.2) is 0 Å². The Bertz CT molecular complexity index is 181. The zero-order valence-corrected chi connectivity index (χ0v) is 8.37. The summed E-state index contributed by atoms with van der Waals surface area (Å²) in [5, 5.41) is 8.58. The molecule has 1 saturated carbocycles. The van der Waals surface area contributed by atoms with Crippen LogP contribution in [-0.2, 0) is 0 Å². The second kappa shape index (κ2) is 5.21. The molecule has 74 valence electrons. The molecule has 1 atom stereocenters. The van der Waals surface area contributed by atoms with Crippen molar-refractivity contribution in [1.29, 1.82) is 5.26 Å². The third-order valence-corrected chi connectivity index (χ3v) is 2.81. The Labute approximate surface area is 80.5 Å². The summed E-state index contributed by atoms with van der Waals surface area (Å²) >= 11 is 0. The van der Waals surface area contributed by atoms with Gasteiger partial charge in [0.25, 0.3) is 0 Å². The van der Waals surface area contributed by atoms with Gasteiger partial charge in [-0.2, -0.15) is 5.26 Å². The molecule has 1 fully saturated rings. The lowest BCUT2D eigenvalue weighted by molar-refractivity contribution is 0.182. The molecule has 0 aromatic rings. The van der Waals surface area contributed by atoms with Crippen molar-refractivity contribution in [3.63, 3.8) is 0 Å². The fraction of sp³-hybridized carbons (Fsp3) is 0.900. The summed E-state index contributed by atoms with van der Waals surface area (Å²) < 4.78 is 0. The van der Waals surface area contributed by atoms with Gasteiger partial charge in [-0.3, -0.25) is 0 Å². The Kier molecular flexibility index (Phi) is 4.20. The van der Waals surface area contributed by atoms with Gasteiger partial charge < -0.3 is 10.6 Å². The molecule has 0 saturated heterocycles. The monoisotopic (exact) mass is 181 g/mol. The number of nitrogens with two attached hydrogens (primary N) is 1. The first-order chi connectivity index (χ1) is 6.26. The van der Waals surface area contributed by atoms with Crippen LogP contribution in [-0.4, -0.2) is 30.6 Å². The molecule has 1 rings (SSSR count). The van der Waals surface area contributed by atoms with Crippen molar-refractivity contribution in [2.24, 2.45) is 11.7 Å². The maximum atomic E-state index is 8.58. The third-order valence-electron chi connectivity index (χ3n) is 2.81. The van der Waals surface area contributed by atoms with E-state index in [1.165, 1.54) is 19.3 Å². The molecule has 1 aliphatic carbocycles. The molecule has 0 radical (unpaired) electrons. The van der Waals surface area contributed by atoms with E-state index >= 15 is 0 Å². The summed E-state index contributed by atoms with van der Waals surface area (Å²) in [6, 6.07) is 1.76. The molecular weight excluding hydrogens is 162 g/mol. The molecular formula is C10H19N3. The fourth-order valence-corrected chi connectivity index (χ4v) is 1.69. The maximum Gasteiger partial charge on any atom is 0.106 e. The lowest BCUT2D eigenvalue weighted by atomic mass is 9.85. The van der Waals surface area contributed by atoms with Crippen molar-refractivity contribution in [1.82, 2.24) is 4.90 Å². The Hall–Kier alpha value is -0.590. The average molecular weight is 181 g/mol. The highest BCUT2D eigenvalue weighted by Gasteiger charge is 2.20. The summed E-state index contributed by atoms with van der Waals surface area (Å²) in [6.45, 7) is 4.99. The minimum Gasteiger partial charge on any atom is -0.315 e. The van der Waals surface area contributed by atoms with Gasteiger partial charge in [0.15, 0.2) is 0 Å². The molecule has 3 heteroatoms. The van der Waals surface area contributed by atoms with Crippen molar-refractivity contribution >= 4 is 0 Å². The first-order valence-electron chi connectivity index (χ1n) is 5.13. The Balaban J connectivity index is 2.21. The van der Waals surface area contributed by atoms with Crippen molar-refractivity contribution in [3.8, 4) is 6.07 Å². The Morgan fingerprint density at radius 3 is 2.69 bits per heavy atom. The van der Waals surface area contributed by atoms with Gasteiger partial charge in [-0.25, -0.2) is 0 Å². The van der Waals surface area contributed by atoms with Crippen LogP contribution in [0.1, 0.15) is 26.2 Å². The standard InChI is InChI=1S/C10H19N3/c1-2-13(8-10(12)6-11)7-9-4-3-5-9/h9-10H,2-5,7-8,12H2,1H3. The van der Waals surface area contributed by atoms with E-state index in [1.54, 1.807) is 0 Å². The molecule has 1 unspecified atom stereocenters.